The number of hydrogen-bond donors (Lipinski definition) is 1. The molecule has 23 heavy (non-hydrogen) atoms. The molecule has 0 bridgehead atoms. The first kappa shape index (κ1) is 15.6. The van der Waals surface area contributed by atoms with Crippen molar-refractivity contribution >= 4 is 57.9 Å². The molecule has 0 fully saturated rings. The number of aromatic nitrogens is 2. The van der Waals surface area contributed by atoms with Crippen LogP contribution in [0.15, 0.2) is 41.0 Å². The predicted molar refractivity (Wildman–Crippen MR) is 81.1 cm³/mol. The zero-order valence-electron chi connectivity index (χ0n) is 12.0. The van der Waals surface area contributed by atoms with E-state index in [0.29, 0.717) is 5.56 Å². The second kappa shape index (κ2) is 5.73. The fraction of sp³-hybridized carbons (Fsp3) is 0.0714. The molecule has 8 nitrogen and oxygen atoms in total. The molecule has 4 rings (SSSR count). The average molecular weight is 319 g/mol. The maximum absolute atomic E-state index is 12.3. The quantitative estimate of drug-likeness (QED) is 0.438. The molecule has 1 unspecified atom stereocenters. The number of carbonyl (C=O) groups is 1. The molecule has 0 aliphatic carbocycles. The third-order valence-electron chi connectivity index (χ3n) is 3.72. The molecule has 109 valence electrons. The number of carbonyl (C=O) groups excluding carboxylic acids is 1. The number of hydrogen-bond acceptors (Lipinski definition) is 6. The molecule has 2 heterocycles. The van der Waals surface area contributed by atoms with Gasteiger partial charge in [-0.15, -0.1) is 0 Å². The molecule has 0 saturated carbocycles. The fourth-order valence-electron chi connectivity index (χ4n) is 2.77. The number of anilines is 1. The Morgan fingerprint density at radius 1 is 1.09 bits per heavy atom. The number of nitro groups is 1. The van der Waals surface area contributed by atoms with Crippen LogP contribution in [0.1, 0.15) is 17.0 Å². The van der Waals surface area contributed by atoms with Gasteiger partial charge >= 0.3 is 5.69 Å². The maximum atomic E-state index is 12.3. The van der Waals surface area contributed by atoms with Gasteiger partial charge in [-0.1, -0.05) is 18.2 Å². The van der Waals surface area contributed by atoms with Crippen molar-refractivity contribution in [3.63, 3.8) is 0 Å². The number of benzene rings is 2. The molecule has 0 saturated heterocycles. The molecular formula is C14H8N4NaO4. The summed E-state index contributed by atoms with van der Waals surface area (Å²) in [6.07, 6.45) is 0. The number of nitro benzene ring substituents is 1. The molecule has 1 atom stereocenters. The van der Waals surface area contributed by atoms with Gasteiger partial charge in [0, 0.05) is 46.9 Å². The van der Waals surface area contributed by atoms with Crippen molar-refractivity contribution in [2.75, 3.05) is 5.32 Å². The Morgan fingerprint density at radius 3 is 2.61 bits per heavy atom. The summed E-state index contributed by atoms with van der Waals surface area (Å²) in [6, 6.07) is 10.1. The van der Waals surface area contributed by atoms with Gasteiger partial charge < -0.3 is 5.32 Å². The monoisotopic (exact) mass is 319 g/mol. The second-order valence-electron chi connectivity index (χ2n) is 4.90. The van der Waals surface area contributed by atoms with Gasteiger partial charge in [-0.2, -0.15) is 0 Å². The van der Waals surface area contributed by atoms with E-state index in [2.05, 4.69) is 20.3 Å². The van der Waals surface area contributed by atoms with Crippen LogP contribution in [-0.2, 0) is 4.79 Å². The molecule has 1 amide bonds. The summed E-state index contributed by atoms with van der Waals surface area (Å²) in [5.74, 6) is -0.800. The van der Waals surface area contributed by atoms with Crippen molar-refractivity contribution in [1.29, 1.82) is 0 Å². The van der Waals surface area contributed by atoms with Gasteiger partial charge in [-0.3, -0.25) is 14.9 Å². The Bertz CT molecular complexity index is 939. The third kappa shape index (κ3) is 2.31. The van der Waals surface area contributed by atoms with E-state index < -0.39 is 10.8 Å². The van der Waals surface area contributed by atoms with E-state index >= 15 is 0 Å². The largest absolute Gasteiger partial charge is 0.325 e. The minimum absolute atomic E-state index is 0. The van der Waals surface area contributed by atoms with E-state index in [0.717, 1.165) is 11.3 Å². The van der Waals surface area contributed by atoms with Gasteiger partial charge in [0.2, 0.25) is 11.4 Å². The summed E-state index contributed by atoms with van der Waals surface area (Å²) >= 11 is 0. The Morgan fingerprint density at radius 2 is 1.83 bits per heavy atom. The van der Waals surface area contributed by atoms with Crippen molar-refractivity contribution in [2.45, 2.75) is 5.92 Å². The zero-order valence-corrected chi connectivity index (χ0v) is 14.0. The van der Waals surface area contributed by atoms with Crippen LogP contribution in [0.2, 0.25) is 0 Å². The second-order valence-corrected chi connectivity index (χ2v) is 4.90. The van der Waals surface area contributed by atoms with Crippen molar-refractivity contribution in [1.82, 2.24) is 10.3 Å². The van der Waals surface area contributed by atoms with Crippen LogP contribution < -0.4 is 5.32 Å². The molecule has 1 aliphatic rings. The Kier molecular flexibility index (Phi) is 3.88. The molecule has 0 spiro atoms. The van der Waals surface area contributed by atoms with Gasteiger partial charge in [0.1, 0.15) is 5.52 Å². The van der Waals surface area contributed by atoms with E-state index in [4.69, 9.17) is 0 Å². The topological polar surface area (TPSA) is 111 Å². The molecular weight excluding hydrogens is 311 g/mol. The number of non-ortho nitro benzene ring substituents is 1. The molecule has 1 aliphatic heterocycles. The summed E-state index contributed by atoms with van der Waals surface area (Å²) in [5.41, 5.74) is 2.12. The smallest absolute Gasteiger partial charge is 0.300 e. The standard InChI is InChI=1S/C14H8N4O4.Na/c19-14-11(7-3-1-2-4-9(7)15-14)8-5-6-10(18(20)21)13-12(8)16-22-17-13;/h1-6,11H,(H,15,19);. The minimum atomic E-state index is -0.591. The van der Waals surface area contributed by atoms with Crippen LogP contribution in [0.3, 0.4) is 0 Å². The van der Waals surface area contributed by atoms with Crippen molar-refractivity contribution in [2.24, 2.45) is 0 Å². The first-order valence-corrected chi connectivity index (χ1v) is 6.46. The Hall–Kier alpha value is -2.29. The van der Waals surface area contributed by atoms with Crippen LogP contribution in [0.4, 0.5) is 11.4 Å². The Labute approximate surface area is 151 Å². The van der Waals surface area contributed by atoms with Crippen LogP contribution in [-0.4, -0.2) is 50.7 Å². The normalized spacial score (nSPS) is 15.8. The fourth-order valence-corrected chi connectivity index (χ4v) is 2.77. The molecule has 1 aromatic heterocycles. The maximum Gasteiger partial charge on any atom is 0.300 e. The van der Waals surface area contributed by atoms with Crippen LogP contribution in [0.5, 0.6) is 0 Å². The number of amides is 1. The summed E-state index contributed by atoms with van der Waals surface area (Å²) < 4.78 is 4.64. The molecule has 1 radical (unpaired) electrons. The van der Waals surface area contributed by atoms with Gasteiger partial charge in [0.25, 0.3) is 0 Å². The zero-order chi connectivity index (χ0) is 15.3. The molecule has 9 heteroatoms. The first-order chi connectivity index (χ1) is 10.7. The SMILES string of the molecule is O=C1Nc2ccccc2C1c1ccc([N+](=O)[O-])c2nonc12.[Na]. The van der Waals surface area contributed by atoms with Crippen LogP contribution in [0, 0.1) is 10.1 Å². The number of para-hydroxylation sites is 1. The molecule has 1 N–H and O–H groups in total. The molecule has 2 aromatic carbocycles. The van der Waals surface area contributed by atoms with E-state index in [1.165, 1.54) is 12.1 Å². The Balaban J connectivity index is 0.00000156. The van der Waals surface area contributed by atoms with Gasteiger partial charge in [-0.05, 0) is 28.0 Å². The number of fused-ring (bicyclic) bond motifs is 2. The number of nitrogens with one attached hydrogen (secondary N) is 1. The average Bonchev–Trinajstić information content (AvgIpc) is 3.09. The van der Waals surface area contributed by atoms with E-state index in [9.17, 15) is 14.9 Å². The summed E-state index contributed by atoms with van der Waals surface area (Å²) in [5, 5.41) is 21.2. The van der Waals surface area contributed by atoms with Gasteiger partial charge in [-0.25, -0.2) is 4.63 Å². The van der Waals surface area contributed by atoms with Crippen molar-refractivity contribution in [3.05, 3.63) is 57.6 Å². The van der Waals surface area contributed by atoms with Gasteiger partial charge in [0.05, 0.1) is 10.8 Å². The molecule has 3 aromatic rings. The first-order valence-electron chi connectivity index (χ1n) is 6.46. The summed E-state index contributed by atoms with van der Waals surface area (Å²) in [7, 11) is 0. The van der Waals surface area contributed by atoms with Crippen LogP contribution >= 0.6 is 0 Å². The summed E-state index contributed by atoms with van der Waals surface area (Å²) in [4.78, 5) is 22.8. The van der Waals surface area contributed by atoms with E-state index in [-0.39, 0.29) is 52.2 Å². The third-order valence-corrected chi connectivity index (χ3v) is 3.72. The minimum Gasteiger partial charge on any atom is -0.325 e. The number of rotatable bonds is 2. The number of nitrogens with zero attached hydrogens (tertiary/aromatic N) is 3. The van der Waals surface area contributed by atoms with E-state index in [1.54, 1.807) is 6.07 Å². The van der Waals surface area contributed by atoms with Gasteiger partial charge in [0.15, 0.2) is 0 Å². The van der Waals surface area contributed by atoms with Crippen molar-refractivity contribution in [3.8, 4) is 0 Å². The van der Waals surface area contributed by atoms with Crippen LogP contribution in [0.25, 0.3) is 11.0 Å². The van der Waals surface area contributed by atoms with Crippen molar-refractivity contribution < 1.29 is 14.3 Å². The van der Waals surface area contributed by atoms with E-state index in [1.807, 2.05) is 18.2 Å². The summed E-state index contributed by atoms with van der Waals surface area (Å²) in [6.45, 7) is 0. The predicted octanol–water partition coefficient (Wildman–Crippen LogP) is 1.83.